The second-order valence-corrected chi connectivity index (χ2v) is 5.98. The van der Waals surface area contributed by atoms with E-state index in [4.69, 9.17) is 5.26 Å². The van der Waals surface area contributed by atoms with Crippen molar-refractivity contribution >= 4 is 21.4 Å². The fraction of sp³-hybridized carbons (Fsp3) is 0.273. The first-order valence-corrected chi connectivity index (χ1v) is 6.54. The number of aryl methyl sites for hydroxylation is 1. The molecular weight excluding hydrogens is 240 g/mol. The second kappa shape index (κ2) is 3.86. The molecule has 0 aliphatic carbocycles. The van der Waals surface area contributed by atoms with E-state index in [1.165, 1.54) is 6.07 Å². The zero-order valence-corrected chi connectivity index (χ0v) is 9.91. The van der Waals surface area contributed by atoms with Crippen LogP contribution in [0.25, 0.3) is 0 Å². The van der Waals surface area contributed by atoms with Crippen molar-refractivity contribution in [3.8, 4) is 6.07 Å². The third-order valence-corrected chi connectivity index (χ3v) is 4.74. The predicted molar refractivity (Wildman–Crippen MR) is 61.0 cm³/mol. The monoisotopic (exact) mass is 250 g/mol. The summed E-state index contributed by atoms with van der Waals surface area (Å²) in [7, 11) is -3.75. The lowest BCUT2D eigenvalue weighted by Gasteiger charge is -2.23. The Morgan fingerprint density at radius 2 is 2.18 bits per heavy atom. The van der Waals surface area contributed by atoms with E-state index in [-0.39, 0.29) is 11.3 Å². The first kappa shape index (κ1) is 11.6. The van der Waals surface area contributed by atoms with Gasteiger partial charge in [0, 0.05) is 0 Å². The van der Waals surface area contributed by atoms with Gasteiger partial charge in [-0.1, -0.05) is 6.07 Å². The number of hydrogen-bond donors (Lipinski definition) is 1. The fourth-order valence-corrected chi connectivity index (χ4v) is 3.40. The molecule has 0 radical (unpaired) electrons. The largest absolute Gasteiger partial charge is 0.324 e. The maximum atomic E-state index is 12.1. The molecule has 1 heterocycles. The normalized spacial score (nSPS) is 21.2. The average Bonchev–Trinajstić information content (AvgIpc) is 2.23. The molecule has 1 aliphatic heterocycles. The van der Waals surface area contributed by atoms with Gasteiger partial charge in [-0.2, -0.15) is 5.26 Å². The molecule has 0 bridgehead atoms. The topological polar surface area (TPSA) is 87.0 Å². The molecule has 0 aromatic heterocycles. The summed E-state index contributed by atoms with van der Waals surface area (Å²) in [5.41, 5.74) is 1.15. The summed E-state index contributed by atoms with van der Waals surface area (Å²) in [6, 6.07) is 6.46. The minimum atomic E-state index is -3.75. The quantitative estimate of drug-likeness (QED) is 0.805. The number of benzene rings is 1. The number of fused-ring (bicyclic) bond motifs is 1. The van der Waals surface area contributed by atoms with Gasteiger partial charge in [-0.15, -0.1) is 0 Å². The molecule has 1 aromatic carbocycles. The number of anilines is 1. The Balaban J connectivity index is 2.63. The van der Waals surface area contributed by atoms with Crippen molar-refractivity contribution in [2.45, 2.75) is 23.5 Å². The van der Waals surface area contributed by atoms with Gasteiger partial charge in [-0.25, -0.2) is 8.42 Å². The first-order chi connectivity index (χ1) is 7.96. The van der Waals surface area contributed by atoms with Crippen LogP contribution in [0.1, 0.15) is 12.0 Å². The van der Waals surface area contributed by atoms with Crippen molar-refractivity contribution in [2.75, 3.05) is 5.32 Å². The molecule has 5 nitrogen and oxygen atoms in total. The number of hydrogen-bond acceptors (Lipinski definition) is 4. The minimum absolute atomic E-state index is 0.0861. The van der Waals surface area contributed by atoms with Crippen LogP contribution in [-0.2, 0) is 14.6 Å². The maximum Gasteiger partial charge on any atom is 0.244 e. The third-order valence-electron chi connectivity index (χ3n) is 2.64. The lowest BCUT2D eigenvalue weighted by Crippen LogP contribution is -2.39. The summed E-state index contributed by atoms with van der Waals surface area (Å²) in [6.07, 6.45) is -0.332. The van der Waals surface area contributed by atoms with Gasteiger partial charge < -0.3 is 5.32 Å². The number of nitrogens with zero attached hydrogens (tertiary/aromatic N) is 1. The highest BCUT2D eigenvalue weighted by Crippen LogP contribution is 2.32. The molecule has 17 heavy (non-hydrogen) atoms. The van der Waals surface area contributed by atoms with E-state index in [0.717, 1.165) is 5.56 Å². The molecule has 6 heteroatoms. The van der Waals surface area contributed by atoms with E-state index in [0.29, 0.717) is 5.69 Å². The van der Waals surface area contributed by atoms with Crippen molar-refractivity contribution in [3.63, 3.8) is 0 Å². The highest BCUT2D eigenvalue weighted by atomic mass is 32.2. The Labute approximate surface area is 99.0 Å². The Hall–Kier alpha value is -1.87. The van der Waals surface area contributed by atoms with E-state index in [1.54, 1.807) is 25.1 Å². The van der Waals surface area contributed by atoms with Crippen molar-refractivity contribution < 1.29 is 13.2 Å². The summed E-state index contributed by atoms with van der Waals surface area (Å²) in [4.78, 5) is 11.7. The SMILES string of the molecule is Cc1ccc2c(c1)NC(=O)C(CC#N)S2(=O)=O. The molecule has 1 aromatic rings. The number of nitrogens with one attached hydrogen (secondary N) is 1. The minimum Gasteiger partial charge on any atom is -0.324 e. The molecule has 1 atom stereocenters. The zero-order valence-electron chi connectivity index (χ0n) is 9.10. The molecular formula is C11H10N2O3S. The van der Waals surface area contributed by atoms with E-state index in [9.17, 15) is 13.2 Å². The van der Waals surface area contributed by atoms with Crippen molar-refractivity contribution in [2.24, 2.45) is 0 Å². The molecule has 88 valence electrons. The van der Waals surface area contributed by atoms with Crippen molar-refractivity contribution in [1.29, 1.82) is 5.26 Å². The Morgan fingerprint density at radius 1 is 1.47 bits per heavy atom. The molecule has 1 amide bonds. The number of rotatable bonds is 1. The lowest BCUT2D eigenvalue weighted by molar-refractivity contribution is -0.115. The molecule has 1 N–H and O–H groups in total. The average molecular weight is 250 g/mol. The summed E-state index contributed by atoms with van der Waals surface area (Å²) < 4.78 is 24.2. The summed E-state index contributed by atoms with van der Waals surface area (Å²) in [5.74, 6) is -0.635. The first-order valence-electron chi connectivity index (χ1n) is 4.99. The highest BCUT2D eigenvalue weighted by Gasteiger charge is 2.39. The summed E-state index contributed by atoms with van der Waals surface area (Å²) >= 11 is 0. The van der Waals surface area contributed by atoms with Crippen molar-refractivity contribution in [1.82, 2.24) is 0 Å². The van der Waals surface area contributed by atoms with Gasteiger partial charge in [-0.3, -0.25) is 4.79 Å². The highest BCUT2D eigenvalue weighted by molar-refractivity contribution is 7.93. The van der Waals surface area contributed by atoms with E-state index in [2.05, 4.69) is 5.32 Å². The van der Waals surface area contributed by atoms with Gasteiger partial charge >= 0.3 is 0 Å². The molecule has 1 unspecified atom stereocenters. The van der Waals surface area contributed by atoms with E-state index < -0.39 is 21.0 Å². The van der Waals surface area contributed by atoms with Gasteiger partial charge in [-0.05, 0) is 24.6 Å². The van der Waals surface area contributed by atoms with Crippen LogP contribution in [-0.4, -0.2) is 19.6 Å². The number of carbonyl (C=O) groups is 1. The van der Waals surface area contributed by atoms with Crippen LogP contribution in [0.5, 0.6) is 0 Å². The van der Waals surface area contributed by atoms with Crippen LogP contribution >= 0.6 is 0 Å². The number of amides is 1. The number of sulfone groups is 1. The standard InChI is InChI=1S/C11H10N2O3S/c1-7-2-3-9-8(6-7)13-11(14)10(4-5-12)17(9,15)16/h2-3,6,10H,4H2,1H3,(H,13,14). The van der Waals surface area contributed by atoms with Crippen LogP contribution < -0.4 is 5.32 Å². The van der Waals surface area contributed by atoms with E-state index >= 15 is 0 Å². The molecule has 1 aliphatic rings. The zero-order chi connectivity index (χ0) is 12.6. The Bertz CT molecular complexity index is 629. The second-order valence-electron chi connectivity index (χ2n) is 3.88. The number of carbonyl (C=O) groups excluding carboxylic acids is 1. The Morgan fingerprint density at radius 3 is 2.82 bits per heavy atom. The van der Waals surface area contributed by atoms with Crippen LogP contribution in [0.4, 0.5) is 5.69 Å². The van der Waals surface area contributed by atoms with Crippen molar-refractivity contribution in [3.05, 3.63) is 23.8 Å². The summed E-state index contributed by atoms with van der Waals surface area (Å²) in [5, 5.41) is 9.79. The van der Waals surface area contributed by atoms with Gasteiger partial charge in [0.15, 0.2) is 15.1 Å². The predicted octanol–water partition coefficient (Wildman–Crippen LogP) is 1.00. The maximum absolute atomic E-state index is 12.1. The number of nitriles is 1. The van der Waals surface area contributed by atoms with Gasteiger partial charge in [0.1, 0.15) is 0 Å². The molecule has 0 fully saturated rings. The third kappa shape index (κ3) is 1.78. The molecule has 0 spiro atoms. The Kier molecular flexibility index (Phi) is 2.63. The van der Waals surface area contributed by atoms with Crippen LogP contribution in [0.15, 0.2) is 23.1 Å². The lowest BCUT2D eigenvalue weighted by atomic mass is 10.2. The molecule has 2 rings (SSSR count). The van der Waals surface area contributed by atoms with Crippen LogP contribution in [0.2, 0.25) is 0 Å². The van der Waals surface area contributed by atoms with Gasteiger partial charge in [0.05, 0.1) is 23.1 Å². The van der Waals surface area contributed by atoms with E-state index in [1.807, 2.05) is 0 Å². The van der Waals surface area contributed by atoms with Gasteiger partial charge in [0.25, 0.3) is 0 Å². The van der Waals surface area contributed by atoms with Gasteiger partial charge in [0.2, 0.25) is 5.91 Å². The molecule has 0 saturated heterocycles. The smallest absolute Gasteiger partial charge is 0.244 e. The summed E-state index contributed by atoms with van der Waals surface area (Å²) in [6.45, 7) is 1.81. The fourth-order valence-electron chi connectivity index (χ4n) is 1.78. The van der Waals surface area contributed by atoms with Crippen LogP contribution in [0, 0.1) is 18.3 Å². The van der Waals surface area contributed by atoms with Crippen LogP contribution in [0.3, 0.4) is 0 Å². The molecule has 0 saturated carbocycles.